The molecule has 1 fully saturated rings. The van der Waals surface area contributed by atoms with Gasteiger partial charge in [0.05, 0.1) is 0 Å². The maximum atomic E-state index is 5.72. The molecule has 4 rings (SSSR count). The summed E-state index contributed by atoms with van der Waals surface area (Å²) in [4.78, 5) is 8.51. The average molecular weight is 333 g/mol. The number of benzene rings is 1. The number of pyridine rings is 2. The van der Waals surface area contributed by atoms with E-state index in [9.17, 15) is 0 Å². The van der Waals surface area contributed by atoms with Gasteiger partial charge in [0, 0.05) is 53.2 Å². The highest BCUT2D eigenvalue weighted by atomic mass is 15.0. The molecule has 0 spiro atoms. The third kappa shape index (κ3) is 3.56. The van der Waals surface area contributed by atoms with Crippen LogP contribution in [0, 0.1) is 0 Å². The van der Waals surface area contributed by atoms with E-state index in [2.05, 4.69) is 38.8 Å². The predicted octanol–water partition coefficient (Wildman–Crippen LogP) is 3.43. The van der Waals surface area contributed by atoms with Gasteiger partial charge in [-0.1, -0.05) is 6.42 Å². The SMILES string of the molecule is Nc1ccc(-c2cc(N[C@H]3CCCCNC3)c3ccncc3c2)cn1. The second-order valence-corrected chi connectivity index (χ2v) is 6.63. The molecule has 0 saturated carbocycles. The number of anilines is 2. The Hall–Kier alpha value is -2.66. The van der Waals surface area contributed by atoms with Crippen molar-refractivity contribution in [1.29, 1.82) is 0 Å². The number of fused-ring (bicyclic) bond motifs is 1. The number of aromatic nitrogens is 2. The number of hydrogen-bond acceptors (Lipinski definition) is 5. The van der Waals surface area contributed by atoms with Crippen molar-refractivity contribution in [3.63, 3.8) is 0 Å². The molecule has 1 aliphatic rings. The van der Waals surface area contributed by atoms with Gasteiger partial charge in [-0.2, -0.15) is 0 Å². The Morgan fingerprint density at radius 1 is 1.08 bits per heavy atom. The first kappa shape index (κ1) is 15.8. The zero-order chi connectivity index (χ0) is 17.1. The summed E-state index contributed by atoms with van der Waals surface area (Å²) in [6, 6.07) is 10.7. The molecule has 1 saturated heterocycles. The van der Waals surface area contributed by atoms with E-state index in [0.717, 1.165) is 35.3 Å². The number of rotatable bonds is 3. The summed E-state index contributed by atoms with van der Waals surface area (Å²) in [5.41, 5.74) is 9.06. The molecule has 1 atom stereocenters. The Bertz CT molecular complexity index is 852. The van der Waals surface area contributed by atoms with Crippen LogP contribution in [-0.2, 0) is 0 Å². The van der Waals surface area contributed by atoms with E-state index >= 15 is 0 Å². The van der Waals surface area contributed by atoms with Crippen LogP contribution in [0.5, 0.6) is 0 Å². The first-order chi connectivity index (χ1) is 12.3. The Labute approximate surface area is 147 Å². The van der Waals surface area contributed by atoms with Crippen LogP contribution in [0.1, 0.15) is 19.3 Å². The molecule has 1 aliphatic heterocycles. The van der Waals surface area contributed by atoms with Gasteiger partial charge in [-0.3, -0.25) is 4.98 Å². The fourth-order valence-corrected chi connectivity index (χ4v) is 3.43. The van der Waals surface area contributed by atoms with Crippen molar-refractivity contribution in [2.45, 2.75) is 25.3 Å². The van der Waals surface area contributed by atoms with E-state index in [0.29, 0.717) is 11.9 Å². The normalized spacial score (nSPS) is 18.0. The summed E-state index contributed by atoms with van der Waals surface area (Å²) in [6.45, 7) is 2.11. The van der Waals surface area contributed by atoms with Crippen LogP contribution in [0.25, 0.3) is 21.9 Å². The van der Waals surface area contributed by atoms with Gasteiger partial charge in [-0.15, -0.1) is 0 Å². The van der Waals surface area contributed by atoms with Gasteiger partial charge in [-0.25, -0.2) is 4.98 Å². The van der Waals surface area contributed by atoms with Crippen molar-refractivity contribution < 1.29 is 0 Å². The van der Waals surface area contributed by atoms with E-state index in [1.165, 1.54) is 24.6 Å². The maximum Gasteiger partial charge on any atom is 0.123 e. The van der Waals surface area contributed by atoms with Crippen molar-refractivity contribution in [2.24, 2.45) is 0 Å². The minimum Gasteiger partial charge on any atom is -0.384 e. The quantitative estimate of drug-likeness (QED) is 0.684. The van der Waals surface area contributed by atoms with Crippen LogP contribution in [0.3, 0.4) is 0 Å². The molecule has 128 valence electrons. The predicted molar refractivity (Wildman–Crippen MR) is 104 cm³/mol. The van der Waals surface area contributed by atoms with Gasteiger partial charge >= 0.3 is 0 Å². The molecule has 5 nitrogen and oxygen atoms in total. The van der Waals surface area contributed by atoms with E-state index in [1.54, 1.807) is 0 Å². The molecule has 1 aromatic carbocycles. The Morgan fingerprint density at radius 3 is 2.92 bits per heavy atom. The summed E-state index contributed by atoms with van der Waals surface area (Å²) in [5.74, 6) is 0.536. The van der Waals surface area contributed by atoms with Crippen LogP contribution in [0.4, 0.5) is 11.5 Å². The summed E-state index contributed by atoms with van der Waals surface area (Å²) in [7, 11) is 0. The number of nitrogen functional groups attached to an aromatic ring is 1. The van der Waals surface area contributed by atoms with Gasteiger partial charge in [0.15, 0.2) is 0 Å². The zero-order valence-corrected chi connectivity index (χ0v) is 14.2. The van der Waals surface area contributed by atoms with Crippen LogP contribution < -0.4 is 16.4 Å². The molecule has 0 unspecified atom stereocenters. The highest BCUT2D eigenvalue weighted by molar-refractivity contribution is 5.97. The first-order valence-corrected chi connectivity index (χ1v) is 8.86. The number of nitrogens with two attached hydrogens (primary N) is 1. The second-order valence-electron chi connectivity index (χ2n) is 6.63. The molecule has 3 aromatic rings. The fourth-order valence-electron chi connectivity index (χ4n) is 3.43. The molecule has 5 heteroatoms. The van der Waals surface area contributed by atoms with Gasteiger partial charge < -0.3 is 16.4 Å². The van der Waals surface area contributed by atoms with Crippen molar-refractivity contribution in [3.8, 4) is 11.1 Å². The van der Waals surface area contributed by atoms with Gasteiger partial charge in [0.2, 0.25) is 0 Å². The molecule has 0 aliphatic carbocycles. The lowest BCUT2D eigenvalue weighted by molar-refractivity contribution is 0.637. The Morgan fingerprint density at radius 2 is 2.04 bits per heavy atom. The monoisotopic (exact) mass is 333 g/mol. The number of nitrogens with one attached hydrogen (secondary N) is 2. The molecule has 3 heterocycles. The average Bonchev–Trinajstić information content (AvgIpc) is 2.91. The molecule has 0 radical (unpaired) electrons. The molecule has 0 bridgehead atoms. The van der Waals surface area contributed by atoms with Gasteiger partial charge in [0.1, 0.15) is 5.82 Å². The van der Waals surface area contributed by atoms with Crippen LogP contribution in [-0.4, -0.2) is 29.1 Å². The van der Waals surface area contributed by atoms with Crippen molar-refractivity contribution in [2.75, 3.05) is 24.1 Å². The summed E-state index contributed by atoms with van der Waals surface area (Å²) in [5, 5.41) is 9.60. The minimum atomic E-state index is 0.443. The number of nitrogens with zero attached hydrogens (tertiary/aromatic N) is 2. The summed E-state index contributed by atoms with van der Waals surface area (Å²) in [6.07, 6.45) is 9.28. The van der Waals surface area contributed by atoms with Gasteiger partial charge in [0.25, 0.3) is 0 Å². The zero-order valence-electron chi connectivity index (χ0n) is 14.2. The lowest BCUT2D eigenvalue weighted by Gasteiger charge is -2.20. The van der Waals surface area contributed by atoms with Crippen LogP contribution in [0.2, 0.25) is 0 Å². The maximum absolute atomic E-state index is 5.72. The second kappa shape index (κ2) is 7.07. The molecular formula is C20H23N5. The number of hydrogen-bond donors (Lipinski definition) is 3. The third-order valence-electron chi connectivity index (χ3n) is 4.78. The Kier molecular flexibility index (Phi) is 4.48. The van der Waals surface area contributed by atoms with Crippen LogP contribution >= 0.6 is 0 Å². The molecule has 25 heavy (non-hydrogen) atoms. The lowest BCUT2D eigenvalue weighted by atomic mass is 10.0. The third-order valence-corrected chi connectivity index (χ3v) is 4.78. The van der Waals surface area contributed by atoms with Crippen molar-refractivity contribution in [3.05, 3.63) is 48.9 Å². The largest absolute Gasteiger partial charge is 0.384 e. The topological polar surface area (TPSA) is 75.9 Å². The van der Waals surface area contributed by atoms with Crippen molar-refractivity contribution in [1.82, 2.24) is 15.3 Å². The van der Waals surface area contributed by atoms with E-state index in [-0.39, 0.29) is 0 Å². The highest BCUT2D eigenvalue weighted by Crippen LogP contribution is 2.31. The summed E-state index contributed by atoms with van der Waals surface area (Å²) < 4.78 is 0. The smallest absolute Gasteiger partial charge is 0.123 e. The highest BCUT2D eigenvalue weighted by Gasteiger charge is 2.14. The molecule has 4 N–H and O–H groups in total. The van der Waals surface area contributed by atoms with E-state index in [1.807, 2.05) is 30.7 Å². The first-order valence-electron chi connectivity index (χ1n) is 8.86. The van der Waals surface area contributed by atoms with Crippen LogP contribution in [0.15, 0.2) is 48.9 Å². The van der Waals surface area contributed by atoms with Crippen molar-refractivity contribution >= 4 is 22.3 Å². The molecular weight excluding hydrogens is 310 g/mol. The van der Waals surface area contributed by atoms with E-state index < -0.39 is 0 Å². The lowest BCUT2D eigenvalue weighted by Crippen LogP contribution is -2.30. The summed E-state index contributed by atoms with van der Waals surface area (Å²) >= 11 is 0. The standard InChI is InChI=1S/C20H23N5/c21-20-5-4-14(12-24-20)15-9-16-11-23-8-6-18(16)19(10-15)25-17-3-1-2-7-22-13-17/h4-6,8-12,17,22,25H,1-3,7,13H2,(H2,21,24)/t17-/m0/s1. The Balaban J connectivity index is 1.74. The van der Waals surface area contributed by atoms with Gasteiger partial charge in [-0.05, 0) is 55.3 Å². The molecule has 0 amide bonds. The fraction of sp³-hybridized carbons (Fsp3) is 0.300. The minimum absolute atomic E-state index is 0.443. The van der Waals surface area contributed by atoms with E-state index in [4.69, 9.17) is 5.73 Å². The molecule has 2 aromatic heterocycles.